The minimum absolute atomic E-state index is 0.812. The molecule has 0 radical (unpaired) electrons. The van der Waals surface area contributed by atoms with Crippen molar-refractivity contribution < 1.29 is 0 Å². The number of para-hydroxylation sites is 1. The quantitative estimate of drug-likeness (QED) is 0.687. The van der Waals surface area contributed by atoms with Crippen LogP contribution in [0.15, 0.2) is 42.9 Å². The molecule has 3 aromatic rings. The number of aromatic nitrogens is 5. The molecule has 0 N–H and O–H groups in total. The van der Waals surface area contributed by atoms with Crippen molar-refractivity contribution in [2.75, 3.05) is 0 Å². The number of hydrogen-bond acceptors (Lipinski definition) is 3. The Bertz CT molecular complexity index is 666. The van der Waals surface area contributed by atoms with Gasteiger partial charge in [-0.05, 0) is 19.1 Å². The Morgan fingerprint density at radius 1 is 1.11 bits per heavy atom. The van der Waals surface area contributed by atoms with E-state index in [1.165, 1.54) is 0 Å². The van der Waals surface area contributed by atoms with Gasteiger partial charge in [-0.15, -0.1) is 10.2 Å². The predicted octanol–water partition coefficient (Wildman–Crippen LogP) is 1.98. The van der Waals surface area contributed by atoms with Gasteiger partial charge in [0, 0.05) is 18.4 Å². The molecule has 0 atom stereocenters. The third kappa shape index (κ3) is 1.60. The van der Waals surface area contributed by atoms with Gasteiger partial charge in [0.25, 0.3) is 0 Å². The normalized spacial score (nSPS) is 10.8. The number of hydrogen-bond donors (Lipinski definition) is 0. The topological polar surface area (TPSA) is 48.5 Å². The first-order chi connectivity index (χ1) is 8.77. The molecule has 0 aliphatic rings. The average molecular weight is 239 g/mol. The Hall–Kier alpha value is -2.43. The largest absolute Gasteiger partial charge is 0.282 e. The first-order valence-corrected chi connectivity index (χ1v) is 5.72. The molecule has 0 aliphatic carbocycles. The Morgan fingerprint density at radius 2 is 1.89 bits per heavy atom. The van der Waals surface area contributed by atoms with E-state index in [1.807, 2.05) is 59.7 Å². The van der Waals surface area contributed by atoms with E-state index < -0.39 is 0 Å². The third-order valence-electron chi connectivity index (χ3n) is 3.06. The van der Waals surface area contributed by atoms with Crippen molar-refractivity contribution in [3.05, 3.63) is 48.5 Å². The third-order valence-corrected chi connectivity index (χ3v) is 3.06. The van der Waals surface area contributed by atoms with Crippen molar-refractivity contribution in [2.45, 2.75) is 6.92 Å². The van der Waals surface area contributed by atoms with Gasteiger partial charge in [0.2, 0.25) is 0 Å². The van der Waals surface area contributed by atoms with Crippen LogP contribution < -0.4 is 0 Å². The Morgan fingerprint density at radius 3 is 2.56 bits per heavy atom. The first kappa shape index (κ1) is 10.7. The monoisotopic (exact) mass is 239 g/mol. The van der Waals surface area contributed by atoms with Crippen LogP contribution in [0.2, 0.25) is 0 Å². The molecule has 0 aliphatic heterocycles. The molecule has 0 saturated heterocycles. The molecule has 2 heterocycles. The van der Waals surface area contributed by atoms with Crippen LogP contribution in [-0.2, 0) is 7.05 Å². The van der Waals surface area contributed by atoms with E-state index in [0.29, 0.717) is 0 Å². The summed E-state index contributed by atoms with van der Waals surface area (Å²) in [5.41, 5.74) is 3.11. The fourth-order valence-corrected chi connectivity index (χ4v) is 1.91. The zero-order chi connectivity index (χ0) is 12.5. The Balaban J connectivity index is 2.16. The maximum Gasteiger partial charge on any atom is 0.171 e. The standard InChI is InChI=1S/C13H13N5/c1-10-12(8-15-17(10)2)13-16-14-9-18(13)11-6-4-3-5-7-11/h3-9H,1-2H3. The fourth-order valence-electron chi connectivity index (χ4n) is 1.91. The summed E-state index contributed by atoms with van der Waals surface area (Å²) in [5, 5.41) is 12.4. The number of benzene rings is 1. The summed E-state index contributed by atoms with van der Waals surface area (Å²) in [6.45, 7) is 2.02. The molecule has 5 nitrogen and oxygen atoms in total. The highest BCUT2D eigenvalue weighted by atomic mass is 15.3. The van der Waals surface area contributed by atoms with Gasteiger partial charge >= 0.3 is 0 Å². The van der Waals surface area contributed by atoms with Crippen molar-refractivity contribution in [3.8, 4) is 17.1 Å². The van der Waals surface area contributed by atoms with Crippen molar-refractivity contribution in [2.24, 2.45) is 7.05 Å². The summed E-state index contributed by atoms with van der Waals surface area (Å²) in [7, 11) is 1.92. The SMILES string of the molecule is Cc1c(-c2nncn2-c2ccccc2)cnn1C. The van der Waals surface area contributed by atoms with Crippen molar-refractivity contribution >= 4 is 0 Å². The zero-order valence-corrected chi connectivity index (χ0v) is 10.3. The summed E-state index contributed by atoms with van der Waals surface area (Å²) in [6, 6.07) is 10.0. The summed E-state index contributed by atoms with van der Waals surface area (Å²) in [4.78, 5) is 0. The average Bonchev–Trinajstić information content (AvgIpc) is 2.99. The number of nitrogens with zero attached hydrogens (tertiary/aromatic N) is 5. The first-order valence-electron chi connectivity index (χ1n) is 5.72. The summed E-state index contributed by atoms with van der Waals surface area (Å²) >= 11 is 0. The lowest BCUT2D eigenvalue weighted by atomic mass is 10.2. The van der Waals surface area contributed by atoms with Gasteiger partial charge in [-0.2, -0.15) is 5.10 Å². The highest BCUT2D eigenvalue weighted by Gasteiger charge is 2.13. The van der Waals surface area contributed by atoms with E-state index in [9.17, 15) is 0 Å². The molecule has 0 bridgehead atoms. The molecular weight excluding hydrogens is 226 g/mol. The van der Waals surface area contributed by atoms with Crippen molar-refractivity contribution in [1.29, 1.82) is 0 Å². The van der Waals surface area contributed by atoms with Crippen molar-refractivity contribution in [3.63, 3.8) is 0 Å². The highest BCUT2D eigenvalue weighted by molar-refractivity contribution is 5.59. The Labute approximate surface area is 105 Å². The lowest BCUT2D eigenvalue weighted by molar-refractivity contribution is 0.740. The molecule has 18 heavy (non-hydrogen) atoms. The summed E-state index contributed by atoms with van der Waals surface area (Å²) in [6.07, 6.45) is 3.54. The van der Waals surface area contributed by atoms with Crippen LogP contribution in [0.1, 0.15) is 5.69 Å². The minimum atomic E-state index is 0.812. The van der Waals surface area contributed by atoms with Crippen LogP contribution in [0.4, 0.5) is 0 Å². The van der Waals surface area contributed by atoms with E-state index in [2.05, 4.69) is 15.3 Å². The molecule has 90 valence electrons. The van der Waals surface area contributed by atoms with E-state index >= 15 is 0 Å². The van der Waals surface area contributed by atoms with Gasteiger partial charge in [0.05, 0.1) is 11.8 Å². The van der Waals surface area contributed by atoms with E-state index in [4.69, 9.17) is 0 Å². The van der Waals surface area contributed by atoms with Crippen LogP contribution in [0.3, 0.4) is 0 Å². The second-order valence-electron chi connectivity index (χ2n) is 4.13. The number of rotatable bonds is 2. The van der Waals surface area contributed by atoms with Gasteiger partial charge in [0.1, 0.15) is 6.33 Å². The number of aryl methyl sites for hydroxylation is 1. The second kappa shape index (κ2) is 4.10. The van der Waals surface area contributed by atoms with Crippen LogP contribution in [0, 0.1) is 6.92 Å². The van der Waals surface area contributed by atoms with E-state index in [1.54, 1.807) is 6.33 Å². The highest BCUT2D eigenvalue weighted by Crippen LogP contribution is 2.22. The van der Waals surface area contributed by atoms with E-state index in [-0.39, 0.29) is 0 Å². The van der Waals surface area contributed by atoms with Gasteiger partial charge in [-0.1, -0.05) is 18.2 Å². The fraction of sp³-hybridized carbons (Fsp3) is 0.154. The zero-order valence-electron chi connectivity index (χ0n) is 10.3. The molecule has 5 heteroatoms. The molecule has 3 rings (SSSR count). The molecule has 1 aromatic carbocycles. The summed E-state index contributed by atoms with van der Waals surface area (Å²) in [5.74, 6) is 0.812. The molecule has 0 unspecified atom stereocenters. The van der Waals surface area contributed by atoms with Crippen molar-refractivity contribution in [1.82, 2.24) is 24.5 Å². The van der Waals surface area contributed by atoms with E-state index in [0.717, 1.165) is 22.8 Å². The van der Waals surface area contributed by atoms with Crippen LogP contribution in [0.5, 0.6) is 0 Å². The lowest BCUT2D eigenvalue weighted by Gasteiger charge is -2.05. The predicted molar refractivity (Wildman–Crippen MR) is 68.3 cm³/mol. The van der Waals surface area contributed by atoms with Gasteiger partial charge in [0.15, 0.2) is 5.82 Å². The maximum absolute atomic E-state index is 4.24. The van der Waals surface area contributed by atoms with Crippen LogP contribution >= 0.6 is 0 Å². The molecule has 0 fully saturated rings. The molecule has 2 aromatic heterocycles. The van der Waals surface area contributed by atoms with Gasteiger partial charge < -0.3 is 0 Å². The van der Waals surface area contributed by atoms with Gasteiger partial charge in [-0.3, -0.25) is 9.25 Å². The van der Waals surface area contributed by atoms with Gasteiger partial charge in [-0.25, -0.2) is 0 Å². The molecule has 0 amide bonds. The van der Waals surface area contributed by atoms with Crippen LogP contribution in [0.25, 0.3) is 17.1 Å². The molecular formula is C13H13N5. The Kier molecular flexibility index (Phi) is 2.44. The molecule has 0 saturated carbocycles. The molecule has 0 spiro atoms. The lowest BCUT2D eigenvalue weighted by Crippen LogP contribution is -1.97. The summed E-state index contributed by atoms with van der Waals surface area (Å²) < 4.78 is 3.80. The maximum atomic E-state index is 4.24. The minimum Gasteiger partial charge on any atom is -0.282 e. The van der Waals surface area contributed by atoms with Crippen LogP contribution in [-0.4, -0.2) is 24.5 Å². The second-order valence-corrected chi connectivity index (χ2v) is 4.13. The smallest absolute Gasteiger partial charge is 0.171 e.